The summed E-state index contributed by atoms with van der Waals surface area (Å²) in [5.41, 5.74) is 0.893. The number of aryl methyl sites for hydroxylation is 1. The Balaban J connectivity index is 2.31. The summed E-state index contributed by atoms with van der Waals surface area (Å²) in [7, 11) is 0. The molecule has 74 valence electrons. The molecule has 6 heteroatoms. The predicted molar refractivity (Wildman–Crippen MR) is 54.9 cm³/mol. The summed E-state index contributed by atoms with van der Waals surface area (Å²) in [5, 5.41) is 17.4. The van der Waals surface area contributed by atoms with Crippen LogP contribution >= 0.6 is 11.8 Å². The second kappa shape index (κ2) is 5.29. The number of aromatic amines is 1. The van der Waals surface area contributed by atoms with E-state index in [2.05, 4.69) is 15.5 Å². The fraction of sp³-hybridized carbons (Fsp3) is 0.375. The lowest BCUT2D eigenvalue weighted by molar-refractivity contribution is -0.113. The first kappa shape index (κ1) is 10.6. The van der Waals surface area contributed by atoms with Gasteiger partial charge < -0.3 is 5.32 Å². The van der Waals surface area contributed by atoms with Crippen molar-refractivity contribution in [2.45, 2.75) is 6.92 Å². The molecule has 2 N–H and O–H groups in total. The number of nitrogens with zero attached hydrogens (tertiary/aromatic N) is 2. The third-order valence-electron chi connectivity index (χ3n) is 1.37. The van der Waals surface area contributed by atoms with E-state index in [0.29, 0.717) is 11.6 Å². The highest BCUT2D eigenvalue weighted by molar-refractivity contribution is 8.00. The second-order valence-electron chi connectivity index (χ2n) is 2.64. The minimum Gasteiger partial charge on any atom is -0.308 e. The van der Waals surface area contributed by atoms with E-state index in [-0.39, 0.29) is 11.7 Å². The summed E-state index contributed by atoms with van der Waals surface area (Å²) < 4.78 is 0. The van der Waals surface area contributed by atoms with Crippen molar-refractivity contribution in [1.82, 2.24) is 10.2 Å². The van der Waals surface area contributed by atoms with Gasteiger partial charge in [-0.05, 0) is 6.92 Å². The summed E-state index contributed by atoms with van der Waals surface area (Å²) in [5.74, 6) is 0.980. The molecule has 0 aromatic carbocycles. The number of thioether (sulfide) groups is 1. The quantitative estimate of drug-likeness (QED) is 0.724. The number of H-pyrrole nitrogens is 1. The largest absolute Gasteiger partial charge is 0.308 e. The lowest BCUT2D eigenvalue weighted by Crippen LogP contribution is -2.14. The maximum absolute atomic E-state index is 11.2. The molecule has 1 heterocycles. The van der Waals surface area contributed by atoms with Crippen molar-refractivity contribution in [3.8, 4) is 6.07 Å². The van der Waals surface area contributed by atoms with Crippen molar-refractivity contribution in [2.24, 2.45) is 0 Å². The Hall–Kier alpha value is -1.48. The summed E-state index contributed by atoms with van der Waals surface area (Å²) in [6.07, 6.45) is 0. The lowest BCUT2D eigenvalue weighted by Gasteiger charge is -1.98. The van der Waals surface area contributed by atoms with Gasteiger partial charge in [0.15, 0.2) is 5.82 Å². The number of aromatic nitrogens is 2. The molecule has 0 unspecified atom stereocenters. The van der Waals surface area contributed by atoms with Crippen molar-refractivity contribution >= 4 is 23.5 Å². The van der Waals surface area contributed by atoms with E-state index in [9.17, 15) is 4.79 Å². The van der Waals surface area contributed by atoms with E-state index in [0.717, 1.165) is 5.69 Å². The first-order valence-electron chi connectivity index (χ1n) is 3.99. The van der Waals surface area contributed by atoms with Gasteiger partial charge in [0, 0.05) is 11.8 Å². The number of nitriles is 1. The van der Waals surface area contributed by atoms with Crippen LogP contribution in [0.3, 0.4) is 0 Å². The number of hydrogen-bond donors (Lipinski definition) is 2. The van der Waals surface area contributed by atoms with Gasteiger partial charge in [-0.3, -0.25) is 9.89 Å². The van der Waals surface area contributed by atoms with Gasteiger partial charge in [0.25, 0.3) is 0 Å². The molecular weight excluding hydrogens is 200 g/mol. The molecule has 1 aromatic rings. The maximum Gasteiger partial charge on any atom is 0.235 e. The Morgan fingerprint density at radius 3 is 3.21 bits per heavy atom. The van der Waals surface area contributed by atoms with E-state index >= 15 is 0 Å². The average Bonchev–Trinajstić information content (AvgIpc) is 2.52. The zero-order valence-corrected chi connectivity index (χ0v) is 8.52. The highest BCUT2D eigenvalue weighted by atomic mass is 32.2. The van der Waals surface area contributed by atoms with E-state index < -0.39 is 0 Å². The average molecular weight is 210 g/mol. The van der Waals surface area contributed by atoms with Crippen molar-refractivity contribution in [2.75, 3.05) is 16.8 Å². The molecular formula is C8H10N4OS. The molecule has 1 amide bonds. The van der Waals surface area contributed by atoms with Crippen LogP contribution in [0.4, 0.5) is 5.82 Å². The van der Waals surface area contributed by atoms with Crippen LogP contribution in [0, 0.1) is 18.3 Å². The van der Waals surface area contributed by atoms with Crippen molar-refractivity contribution < 1.29 is 4.79 Å². The van der Waals surface area contributed by atoms with Gasteiger partial charge in [-0.1, -0.05) is 0 Å². The van der Waals surface area contributed by atoms with Crippen LogP contribution in [-0.4, -0.2) is 27.6 Å². The number of nitrogens with one attached hydrogen (secondary N) is 2. The Labute approximate surface area is 85.9 Å². The monoisotopic (exact) mass is 210 g/mol. The third-order valence-corrected chi connectivity index (χ3v) is 2.17. The van der Waals surface area contributed by atoms with Crippen LogP contribution in [0.25, 0.3) is 0 Å². The third kappa shape index (κ3) is 3.49. The molecule has 0 saturated heterocycles. The van der Waals surface area contributed by atoms with Crippen LogP contribution in [-0.2, 0) is 4.79 Å². The van der Waals surface area contributed by atoms with Crippen LogP contribution in [0.2, 0.25) is 0 Å². The normalized spacial score (nSPS) is 9.43. The number of carbonyl (C=O) groups is 1. The van der Waals surface area contributed by atoms with Gasteiger partial charge in [0.1, 0.15) is 0 Å². The zero-order chi connectivity index (χ0) is 10.4. The Morgan fingerprint density at radius 2 is 2.64 bits per heavy atom. The minimum atomic E-state index is -0.142. The first-order chi connectivity index (χ1) is 6.72. The molecule has 14 heavy (non-hydrogen) atoms. The Bertz CT molecular complexity index is 354. The summed E-state index contributed by atoms with van der Waals surface area (Å²) >= 11 is 1.28. The maximum atomic E-state index is 11.2. The molecule has 0 radical (unpaired) electrons. The van der Waals surface area contributed by atoms with Gasteiger partial charge in [-0.25, -0.2) is 0 Å². The fourth-order valence-corrected chi connectivity index (χ4v) is 1.30. The summed E-state index contributed by atoms with van der Waals surface area (Å²) in [4.78, 5) is 11.2. The fourth-order valence-electron chi connectivity index (χ4n) is 0.850. The van der Waals surface area contributed by atoms with E-state index in [1.165, 1.54) is 11.8 Å². The molecule has 0 aliphatic heterocycles. The van der Waals surface area contributed by atoms with Crippen molar-refractivity contribution in [3.63, 3.8) is 0 Å². The number of rotatable bonds is 4. The van der Waals surface area contributed by atoms with Gasteiger partial charge in [0.2, 0.25) is 5.91 Å². The molecule has 0 atom stereocenters. The zero-order valence-electron chi connectivity index (χ0n) is 7.70. The number of amides is 1. The van der Waals surface area contributed by atoms with E-state index in [1.54, 1.807) is 6.07 Å². The Morgan fingerprint density at radius 1 is 1.86 bits per heavy atom. The minimum absolute atomic E-state index is 0.142. The van der Waals surface area contributed by atoms with E-state index in [4.69, 9.17) is 5.26 Å². The summed E-state index contributed by atoms with van der Waals surface area (Å²) in [6.45, 7) is 1.85. The van der Waals surface area contributed by atoms with E-state index in [1.807, 2.05) is 13.0 Å². The van der Waals surface area contributed by atoms with Gasteiger partial charge in [0.05, 0.1) is 17.6 Å². The molecule has 0 aliphatic rings. The molecule has 0 bridgehead atoms. The van der Waals surface area contributed by atoms with Crippen LogP contribution in [0.5, 0.6) is 0 Å². The smallest absolute Gasteiger partial charge is 0.235 e. The van der Waals surface area contributed by atoms with Crippen molar-refractivity contribution in [3.05, 3.63) is 11.8 Å². The highest BCUT2D eigenvalue weighted by Crippen LogP contribution is 2.05. The van der Waals surface area contributed by atoms with Crippen LogP contribution in [0.1, 0.15) is 5.69 Å². The first-order valence-corrected chi connectivity index (χ1v) is 5.14. The molecule has 0 fully saturated rings. The number of carbonyl (C=O) groups excluding carboxylic acids is 1. The number of hydrogen-bond acceptors (Lipinski definition) is 4. The van der Waals surface area contributed by atoms with Gasteiger partial charge in [-0.2, -0.15) is 10.4 Å². The number of anilines is 1. The van der Waals surface area contributed by atoms with Gasteiger partial charge >= 0.3 is 0 Å². The highest BCUT2D eigenvalue weighted by Gasteiger charge is 2.03. The van der Waals surface area contributed by atoms with Gasteiger partial charge in [-0.15, -0.1) is 11.8 Å². The molecule has 1 rings (SSSR count). The standard InChI is InChI=1S/C8H10N4OS/c1-6-4-7(12-11-6)10-8(13)5-14-3-2-9/h4H,3,5H2,1H3,(H2,10,11,12,13). The molecule has 1 aromatic heterocycles. The Kier molecular flexibility index (Phi) is 4.01. The second-order valence-corrected chi connectivity index (χ2v) is 3.62. The van der Waals surface area contributed by atoms with Crippen molar-refractivity contribution in [1.29, 1.82) is 5.26 Å². The molecule has 5 nitrogen and oxygen atoms in total. The predicted octanol–water partition coefficient (Wildman–Crippen LogP) is 0.913. The van der Waals surface area contributed by atoms with Crippen LogP contribution < -0.4 is 5.32 Å². The molecule has 0 saturated carbocycles. The topological polar surface area (TPSA) is 81.6 Å². The molecule has 0 spiro atoms. The molecule has 0 aliphatic carbocycles. The SMILES string of the molecule is Cc1cc(NC(=O)CSCC#N)n[nH]1. The lowest BCUT2D eigenvalue weighted by atomic mass is 10.5. The van der Waals surface area contributed by atoms with Crippen LogP contribution in [0.15, 0.2) is 6.07 Å². The summed E-state index contributed by atoms with van der Waals surface area (Å²) in [6, 6.07) is 3.70.